The van der Waals surface area contributed by atoms with Crippen LogP contribution in [-0.2, 0) is 11.3 Å². The molecule has 5 heteroatoms. The Bertz CT molecular complexity index is 601. The Labute approximate surface area is 117 Å². The number of anilines is 2. The van der Waals surface area contributed by atoms with Gasteiger partial charge < -0.3 is 10.1 Å². The number of cyclic esters (lactones) is 1. The van der Waals surface area contributed by atoms with Gasteiger partial charge in [-0.15, -0.1) is 0 Å². The van der Waals surface area contributed by atoms with Crippen LogP contribution in [0.1, 0.15) is 5.69 Å². The first kappa shape index (κ1) is 12.5. The smallest absolute Gasteiger partial charge is 0.414 e. The van der Waals surface area contributed by atoms with E-state index in [4.69, 9.17) is 4.74 Å². The van der Waals surface area contributed by atoms with Gasteiger partial charge in [0.15, 0.2) is 0 Å². The molecule has 0 aliphatic carbocycles. The lowest BCUT2D eigenvalue weighted by molar-refractivity contribution is 0.181. The van der Waals surface area contributed by atoms with Gasteiger partial charge in [-0.1, -0.05) is 12.1 Å². The SMILES string of the molecule is O=C1OCCN1c1cccc(NCc2ccccn2)c1. The molecule has 1 amide bonds. The highest BCUT2D eigenvalue weighted by Gasteiger charge is 2.23. The van der Waals surface area contributed by atoms with Crippen molar-refractivity contribution in [1.82, 2.24) is 4.98 Å². The summed E-state index contributed by atoms with van der Waals surface area (Å²) in [6.07, 6.45) is 1.49. The molecule has 1 N–H and O–H groups in total. The summed E-state index contributed by atoms with van der Waals surface area (Å²) in [5.74, 6) is 0. The number of nitrogens with zero attached hydrogens (tertiary/aromatic N) is 2. The van der Waals surface area contributed by atoms with Crippen molar-refractivity contribution >= 4 is 17.5 Å². The Morgan fingerprint density at radius 1 is 1.25 bits per heavy atom. The predicted octanol–water partition coefficient (Wildman–Crippen LogP) is 2.65. The van der Waals surface area contributed by atoms with Gasteiger partial charge in [0.05, 0.1) is 18.8 Å². The van der Waals surface area contributed by atoms with E-state index in [0.717, 1.165) is 17.1 Å². The number of benzene rings is 1. The summed E-state index contributed by atoms with van der Waals surface area (Å²) in [5.41, 5.74) is 2.77. The number of ether oxygens (including phenoxy) is 1. The molecule has 1 saturated heterocycles. The standard InChI is InChI=1S/C15H15N3O2/c19-15-18(8-9-20-15)14-6-3-5-12(10-14)17-11-13-4-1-2-7-16-13/h1-7,10,17H,8-9,11H2. The number of carbonyl (C=O) groups is 1. The van der Waals surface area contributed by atoms with Crippen molar-refractivity contribution in [3.63, 3.8) is 0 Å². The topological polar surface area (TPSA) is 54.5 Å². The summed E-state index contributed by atoms with van der Waals surface area (Å²) in [4.78, 5) is 17.4. The fourth-order valence-corrected chi connectivity index (χ4v) is 2.11. The van der Waals surface area contributed by atoms with Gasteiger partial charge in [-0.25, -0.2) is 4.79 Å². The Morgan fingerprint density at radius 2 is 2.20 bits per heavy atom. The van der Waals surface area contributed by atoms with Crippen LogP contribution in [0.4, 0.5) is 16.2 Å². The van der Waals surface area contributed by atoms with Crippen LogP contribution in [0, 0.1) is 0 Å². The Kier molecular flexibility index (Phi) is 3.50. The third-order valence-electron chi connectivity index (χ3n) is 3.12. The van der Waals surface area contributed by atoms with E-state index in [0.29, 0.717) is 19.7 Å². The molecule has 5 nitrogen and oxygen atoms in total. The average molecular weight is 269 g/mol. The predicted molar refractivity (Wildman–Crippen MR) is 76.7 cm³/mol. The van der Waals surface area contributed by atoms with Crippen LogP contribution in [0.2, 0.25) is 0 Å². The molecule has 2 aromatic rings. The lowest BCUT2D eigenvalue weighted by atomic mass is 10.2. The van der Waals surface area contributed by atoms with Crippen LogP contribution in [0.25, 0.3) is 0 Å². The lowest BCUT2D eigenvalue weighted by Gasteiger charge is -2.14. The second-order valence-corrected chi connectivity index (χ2v) is 4.49. The zero-order chi connectivity index (χ0) is 13.8. The first-order valence-corrected chi connectivity index (χ1v) is 6.51. The highest BCUT2D eigenvalue weighted by atomic mass is 16.6. The quantitative estimate of drug-likeness (QED) is 0.927. The van der Waals surface area contributed by atoms with Gasteiger partial charge in [0.25, 0.3) is 0 Å². The fourth-order valence-electron chi connectivity index (χ4n) is 2.11. The molecule has 0 saturated carbocycles. The molecule has 102 valence electrons. The van der Waals surface area contributed by atoms with E-state index in [1.165, 1.54) is 0 Å². The summed E-state index contributed by atoms with van der Waals surface area (Å²) in [7, 11) is 0. The van der Waals surface area contributed by atoms with Crippen LogP contribution in [0.15, 0.2) is 48.7 Å². The monoisotopic (exact) mass is 269 g/mol. The molecule has 3 rings (SSSR count). The van der Waals surface area contributed by atoms with Crippen molar-refractivity contribution in [2.45, 2.75) is 6.54 Å². The van der Waals surface area contributed by atoms with E-state index in [-0.39, 0.29) is 6.09 Å². The Morgan fingerprint density at radius 3 is 2.95 bits per heavy atom. The molecule has 1 aromatic carbocycles. The maximum absolute atomic E-state index is 11.5. The molecule has 1 aliphatic heterocycles. The molecule has 1 aromatic heterocycles. The number of aromatic nitrogens is 1. The van der Waals surface area contributed by atoms with Crippen molar-refractivity contribution < 1.29 is 9.53 Å². The number of hydrogen-bond acceptors (Lipinski definition) is 4. The molecule has 0 radical (unpaired) electrons. The van der Waals surface area contributed by atoms with E-state index < -0.39 is 0 Å². The average Bonchev–Trinajstić information content (AvgIpc) is 2.93. The zero-order valence-corrected chi connectivity index (χ0v) is 11.0. The molecule has 0 bridgehead atoms. The zero-order valence-electron chi connectivity index (χ0n) is 11.0. The van der Waals surface area contributed by atoms with E-state index in [1.54, 1.807) is 11.1 Å². The largest absolute Gasteiger partial charge is 0.447 e. The van der Waals surface area contributed by atoms with E-state index in [9.17, 15) is 4.79 Å². The van der Waals surface area contributed by atoms with Crippen LogP contribution in [0.5, 0.6) is 0 Å². The summed E-state index contributed by atoms with van der Waals surface area (Å²) in [6, 6.07) is 13.5. The molecular weight excluding hydrogens is 254 g/mol. The van der Waals surface area contributed by atoms with Crippen LogP contribution >= 0.6 is 0 Å². The number of rotatable bonds is 4. The molecule has 0 unspecified atom stereocenters. The Hall–Kier alpha value is -2.56. The van der Waals surface area contributed by atoms with Gasteiger partial charge in [0.1, 0.15) is 6.61 Å². The summed E-state index contributed by atoms with van der Waals surface area (Å²) >= 11 is 0. The van der Waals surface area contributed by atoms with Crippen molar-refractivity contribution in [3.05, 3.63) is 54.4 Å². The third kappa shape index (κ3) is 2.71. The van der Waals surface area contributed by atoms with E-state index in [2.05, 4.69) is 10.3 Å². The molecule has 0 spiro atoms. The molecule has 1 aliphatic rings. The summed E-state index contributed by atoms with van der Waals surface area (Å²) in [6.45, 7) is 1.70. The second-order valence-electron chi connectivity index (χ2n) is 4.49. The van der Waals surface area contributed by atoms with Gasteiger partial charge in [-0.3, -0.25) is 9.88 Å². The molecular formula is C15H15N3O2. The van der Waals surface area contributed by atoms with Crippen molar-refractivity contribution in [2.75, 3.05) is 23.4 Å². The first-order valence-electron chi connectivity index (χ1n) is 6.51. The normalized spacial score (nSPS) is 14.2. The lowest BCUT2D eigenvalue weighted by Crippen LogP contribution is -2.23. The van der Waals surface area contributed by atoms with Crippen LogP contribution in [-0.4, -0.2) is 24.2 Å². The van der Waals surface area contributed by atoms with Gasteiger partial charge >= 0.3 is 6.09 Å². The number of hydrogen-bond donors (Lipinski definition) is 1. The van der Waals surface area contributed by atoms with Gasteiger partial charge in [-0.2, -0.15) is 0 Å². The molecule has 1 fully saturated rings. The van der Waals surface area contributed by atoms with Crippen molar-refractivity contribution in [3.8, 4) is 0 Å². The van der Waals surface area contributed by atoms with E-state index in [1.807, 2.05) is 42.5 Å². The minimum Gasteiger partial charge on any atom is -0.447 e. The maximum Gasteiger partial charge on any atom is 0.414 e. The number of pyridine rings is 1. The minimum absolute atomic E-state index is 0.285. The number of amides is 1. The summed E-state index contributed by atoms with van der Waals surface area (Å²) < 4.78 is 4.95. The maximum atomic E-state index is 11.5. The molecule has 0 atom stereocenters. The third-order valence-corrected chi connectivity index (χ3v) is 3.12. The minimum atomic E-state index is -0.285. The number of nitrogens with one attached hydrogen (secondary N) is 1. The number of carbonyl (C=O) groups excluding carboxylic acids is 1. The van der Waals surface area contributed by atoms with Gasteiger partial charge in [0, 0.05) is 17.6 Å². The van der Waals surface area contributed by atoms with Gasteiger partial charge in [0.2, 0.25) is 0 Å². The highest BCUT2D eigenvalue weighted by molar-refractivity contribution is 5.89. The van der Waals surface area contributed by atoms with Crippen LogP contribution < -0.4 is 10.2 Å². The van der Waals surface area contributed by atoms with Crippen molar-refractivity contribution in [1.29, 1.82) is 0 Å². The molecule has 20 heavy (non-hydrogen) atoms. The highest BCUT2D eigenvalue weighted by Crippen LogP contribution is 2.22. The van der Waals surface area contributed by atoms with Gasteiger partial charge in [-0.05, 0) is 30.3 Å². The second kappa shape index (κ2) is 5.61. The van der Waals surface area contributed by atoms with Crippen molar-refractivity contribution in [2.24, 2.45) is 0 Å². The fraction of sp³-hybridized carbons (Fsp3) is 0.200. The van der Waals surface area contributed by atoms with E-state index >= 15 is 0 Å². The first-order chi connectivity index (χ1) is 9.83. The summed E-state index contributed by atoms with van der Waals surface area (Å²) in [5, 5.41) is 3.30. The molecule has 2 heterocycles. The van der Waals surface area contributed by atoms with Crippen LogP contribution in [0.3, 0.4) is 0 Å². The Balaban J connectivity index is 1.70.